The molecule has 2 aromatic heterocycles. The third kappa shape index (κ3) is 3.80. The van der Waals surface area contributed by atoms with E-state index in [1.54, 1.807) is 50.2 Å². The molecule has 4 rings (SSSR count). The first-order chi connectivity index (χ1) is 15.1. The van der Waals surface area contributed by atoms with Crippen molar-refractivity contribution in [3.63, 3.8) is 0 Å². The van der Waals surface area contributed by atoms with Gasteiger partial charge in [0.15, 0.2) is 5.69 Å². The highest BCUT2D eigenvalue weighted by atomic mass is 35.5. The monoisotopic (exact) mass is 437 g/mol. The maximum absolute atomic E-state index is 12.5. The molecule has 0 N–H and O–H groups in total. The predicted octanol–water partition coefficient (Wildman–Crippen LogP) is 4.93. The van der Waals surface area contributed by atoms with Crippen LogP contribution in [0.25, 0.3) is 27.8 Å². The third-order valence-corrected chi connectivity index (χ3v) is 5.02. The van der Waals surface area contributed by atoms with Gasteiger partial charge in [0.05, 0.1) is 43.3 Å². The molecule has 0 amide bonds. The van der Waals surface area contributed by atoms with Gasteiger partial charge < -0.3 is 14.2 Å². The minimum atomic E-state index is -0.516. The molecule has 0 saturated heterocycles. The zero-order valence-corrected chi connectivity index (χ0v) is 18.0. The van der Waals surface area contributed by atoms with Gasteiger partial charge in [0.2, 0.25) is 0 Å². The number of carbonyl (C=O) groups is 1. The minimum Gasteiger partial charge on any atom is -0.496 e. The fourth-order valence-corrected chi connectivity index (χ4v) is 3.61. The lowest BCUT2D eigenvalue weighted by molar-refractivity contribution is 0.0519. The smallest absolute Gasteiger partial charge is 0.358 e. The number of hydrogen-bond acceptors (Lipinski definition) is 6. The molecule has 8 heteroatoms. The SMILES string of the molecule is CCOC(=O)c1cc(-c2c(OC)cccc2OC)n(-c2ccnc3cc(Cl)ccc23)n1. The Morgan fingerprint density at radius 3 is 2.48 bits per heavy atom. The number of pyridine rings is 1. The first kappa shape index (κ1) is 20.7. The van der Waals surface area contributed by atoms with E-state index in [2.05, 4.69) is 10.1 Å². The standard InChI is InChI=1S/C23H20ClN3O4/c1-4-31-23(28)17-13-19(22-20(29-2)6-5-7-21(22)30-3)27(26-17)18-10-11-25-16-12-14(24)8-9-15(16)18/h5-13H,4H2,1-3H3. The van der Waals surface area contributed by atoms with E-state index in [-0.39, 0.29) is 12.3 Å². The average Bonchev–Trinajstić information content (AvgIpc) is 3.22. The molecule has 0 aliphatic rings. The number of methoxy groups -OCH3 is 2. The third-order valence-electron chi connectivity index (χ3n) is 4.79. The van der Waals surface area contributed by atoms with Crippen molar-refractivity contribution in [1.29, 1.82) is 0 Å². The molecule has 158 valence electrons. The summed E-state index contributed by atoms with van der Waals surface area (Å²) in [6, 6.07) is 14.4. The van der Waals surface area contributed by atoms with Crippen LogP contribution in [0.2, 0.25) is 5.02 Å². The number of aromatic nitrogens is 3. The average molecular weight is 438 g/mol. The summed E-state index contributed by atoms with van der Waals surface area (Å²) in [4.78, 5) is 16.9. The molecule has 0 radical (unpaired) electrons. The summed E-state index contributed by atoms with van der Waals surface area (Å²) in [5.74, 6) is 0.646. The van der Waals surface area contributed by atoms with E-state index in [9.17, 15) is 4.79 Å². The lowest BCUT2D eigenvalue weighted by atomic mass is 10.1. The number of rotatable bonds is 6. The Morgan fingerprint density at radius 2 is 1.81 bits per heavy atom. The molecule has 0 aliphatic heterocycles. The normalized spacial score (nSPS) is 10.8. The van der Waals surface area contributed by atoms with Crippen molar-refractivity contribution < 1.29 is 19.0 Å². The molecular weight excluding hydrogens is 418 g/mol. The van der Waals surface area contributed by atoms with E-state index in [4.69, 9.17) is 25.8 Å². The van der Waals surface area contributed by atoms with Gasteiger partial charge in [0.1, 0.15) is 11.5 Å². The van der Waals surface area contributed by atoms with Gasteiger partial charge in [-0.05, 0) is 49.4 Å². The molecule has 7 nitrogen and oxygen atoms in total. The lowest BCUT2D eigenvalue weighted by Crippen LogP contribution is -2.07. The van der Waals surface area contributed by atoms with Gasteiger partial charge in [-0.3, -0.25) is 4.98 Å². The van der Waals surface area contributed by atoms with Crippen LogP contribution in [0.1, 0.15) is 17.4 Å². The highest BCUT2D eigenvalue weighted by molar-refractivity contribution is 6.31. The van der Waals surface area contributed by atoms with Crippen LogP contribution in [0.3, 0.4) is 0 Å². The van der Waals surface area contributed by atoms with Crippen molar-refractivity contribution in [2.24, 2.45) is 0 Å². The summed E-state index contributed by atoms with van der Waals surface area (Å²) in [5, 5.41) is 5.97. The van der Waals surface area contributed by atoms with Crippen LogP contribution in [0.5, 0.6) is 11.5 Å². The second-order valence-corrected chi connectivity index (χ2v) is 7.01. The molecule has 0 atom stereocenters. The van der Waals surface area contributed by atoms with Crippen LogP contribution < -0.4 is 9.47 Å². The zero-order valence-electron chi connectivity index (χ0n) is 17.3. The number of benzene rings is 2. The molecule has 0 saturated carbocycles. The summed E-state index contributed by atoms with van der Waals surface area (Å²) in [7, 11) is 3.16. The van der Waals surface area contributed by atoms with Crippen molar-refractivity contribution in [2.75, 3.05) is 20.8 Å². The van der Waals surface area contributed by atoms with E-state index in [1.807, 2.05) is 30.3 Å². The van der Waals surface area contributed by atoms with E-state index < -0.39 is 5.97 Å². The Bertz CT molecular complexity index is 1250. The number of ether oxygens (including phenoxy) is 3. The molecule has 2 aromatic carbocycles. The van der Waals surface area contributed by atoms with Crippen LogP contribution >= 0.6 is 11.6 Å². The molecule has 0 unspecified atom stereocenters. The number of fused-ring (bicyclic) bond motifs is 1. The maximum atomic E-state index is 12.5. The molecular formula is C23H20ClN3O4. The van der Waals surface area contributed by atoms with Crippen molar-refractivity contribution in [3.8, 4) is 28.4 Å². The second kappa shape index (κ2) is 8.65. The van der Waals surface area contributed by atoms with Crippen molar-refractivity contribution in [2.45, 2.75) is 6.92 Å². The fourth-order valence-electron chi connectivity index (χ4n) is 3.44. The first-order valence-corrected chi connectivity index (χ1v) is 9.98. The molecule has 2 heterocycles. The van der Waals surface area contributed by atoms with Gasteiger partial charge in [-0.25, -0.2) is 9.48 Å². The van der Waals surface area contributed by atoms with Gasteiger partial charge in [0.25, 0.3) is 0 Å². The Hall–Kier alpha value is -3.58. The molecule has 0 bridgehead atoms. The number of carbonyl (C=O) groups excluding carboxylic acids is 1. The Labute approximate surface area is 184 Å². The number of halogens is 1. The molecule has 4 aromatic rings. The molecule has 31 heavy (non-hydrogen) atoms. The van der Waals surface area contributed by atoms with E-state index in [0.29, 0.717) is 33.3 Å². The Kier molecular flexibility index (Phi) is 5.77. The van der Waals surface area contributed by atoms with Gasteiger partial charge >= 0.3 is 5.97 Å². The number of hydrogen-bond donors (Lipinski definition) is 0. The highest BCUT2D eigenvalue weighted by Gasteiger charge is 2.23. The quantitative estimate of drug-likeness (QED) is 0.398. The summed E-state index contributed by atoms with van der Waals surface area (Å²) >= 11 is 6.15. The molecule has 0 aliphatic carbocycles. The van der Waals surface area contributed by atoms with Crippen molar-refractivity contribution in [3.05, 3.63) is 65.4 Å². The second-order valence-electron chi connectivity index (χ2n) is 6.58. The van der Waals surface area contributed by atoms with Crippen LogP contribution in [0.4, 0.5) is 0 Å². The van der Waals surface area contributed by atoms with Crippen LogP contribution in [0.15, 0.2) is 54.7 Å². The highest BCUT2D eigenvalue weighted by Crippen LogP contribution is 2.40. The molecule has 0 spiro atoms. The van der Waals surface area contributed by atoms with Crippen LogP contribution in [-0.2, 0) is 4.74 Å². The van der Waals surface area contributed by atoms with Crippen molar-refractivity contribution >= 4 is 28.5 Å². The van der Waals surface area contributed by atoms with Gasteiger partial charge in [-0.15, -0.1) is 0 Å². The Balaban J connectivity index is 2.04. The minimum absolute atomic E-state index is 0.170. The first-order valence-electron chi connectivity index (χ1n) is 9.60. The summed E-state index contributed by atoms with van der Waals surface area (Å²) in [5.41, 5.74) is 2.87. The van der Waals surface area contributed by atoms with E-state index >= 15 is 0 Å². The lowest BCUT2D eigenvalue weighted by Gasteiger charge is -2.15. The van der Waals surface area contributed by atoms with Crippen LogP contribution in [-0.4, -0.2) is 41.6 Å². The zero-order chi connectivity index (χ0) is 22.0. The van der Waals surface area contributed by atoms with Crippen LogP contribution in [0, 0.1) is 0 Å². The maximum Gasteiger partial charge on any atom is 0.358 e. The van der Waals surface area contributed by atoms with E-state index in [1.165, 1.54) is 0 Å². The predicted molar refractivity (Wildman–Crippen MR) is 118 cm³/mol. The largest absolute Gasteiger partial charge is 0.496 e. The summed E-state index contributed by atoms with van der Waals surface area (Å²) in [6.45, 7) is 1.99. The molecule has 0 fully saturated rings. The van der Waals surface area contributed by atoms with Gasteiger partial charge in [-0.2, -0.15) is 5.10 Å². The topological polar surface area (TPSA) is 75.5 Å². The number of nitrogens with zero attached hydrogens (tertiary/aromatic N) is 3. The van der Waals surface area contributed by atoms with Crippen molar-refractivity contribution in [1.82, 2.24) is 14.8 Å². The Morgan fingerprint density at radius 1 is 1.06 bits per heavy atom. The van der Waals surface area contributed by atoms with E-state index in [0.717, 1.165) is 11.1 Å². The van der Waals surface area contributed by atoms with Gasteiger partial charge in [-0.1, -0.05) is 17.7 Å². The van der Waals surface area contributed by atoms with Gasteiger partial charge in [0, 0.05) is 16.6 Å². The fraction of sp³-hybridized carbons (Fsp3) is 0.174. The summed E-state index contributed by atoms with van der Waals surface area (Å²) < 4.78 is 18.0. The number of esters is 1. The summed E-state index contributed by atoms with van der Waals surface area (Å²) in [6.07, 6.45) is 1.67.